The third-order valence-corrected chi connectivity index (χ3v) is 7.93. The van der Waals surface area contributed by atoms with Gasteiger partial charge in [0.25, 0.3) is 0 Å². The maximum atomic E-state index is 12.0. The van der Waals surface area contributed by atoms with Gasteiger partial charge in [-0.2, -0.15) is 0 Å². The molecule has 1 aliphatic carbocycles. The Morgan fingerprint density at radius 2 is 2.09 bits per heavy atom. The minimum atomic E-state index is -0.891. The molecule has 2 fully saturated rings. The first-order chi connectivity index (χ1) is 16.0. The molecule has 1 amide bonds. The summed E-state index contributed by atoms with van der Waals surface area (Å²) in [6.07, 6.45) is 3.84. The van der Waals surface area contributed by atoms with Crippen molar-refractivity contribution in [1.29, 1.82) is 0 Å². The van der Waals surface area contributed by atoms with E-state index in [1.165, 1.54) is 23.3 Å². The second-order valence-corrected chi connectivity index (χ2v) is 10.1. The van der Waals surface area contributed by atoms with Gasteiger partial charge in [-0.15, -0.1) is 0 Å². The third kappa shape index (κ3) is 3.21. The molecule has 2 aromatic carbocycles. The van der Waals surface area contributed by atoms with Crippen molar-refractivity contribution in [3.05, 3.63) is 53.3 Å². The molecule has 1 saturated heterocycles. The zero-order chi connectivity index (χ0) is 22.7. The molecule has 172 valence electrons. The molecule has 1 unspecified atom stereocenters. The van der Waals surface area contributed by atoms with Gasteiger partial charge in [0, 0.05) is 37.2 Å². The average molecular weight is 447 g/mol. The zero-order valence-electron chi connectivity index (χ0n) is 19.2. The normalized spacial score (nSPS) is 21.5. The van der Waals surface area contributed by atoms with E-state index in [9.17, 15) is 9.90 Å². The molecule has 0 radical (unpaired) electrons. The maximum Gasteiger partial charge on any atom is 0.412 e. The third-order valence-electron chi connectivity index (χ3n) is 7.93. The molecule has 3 aliphatic rings. The summed E-state index contributed by atoms with van der Waals surface area (Å²) in [5.41, 5.74) is 5.59. The minimum Gasteiger partial charge on any atom is -0.497 e. The van der Waals surface area contributed by atoms with Crippen molar-refractivity contribution in [2.75, 3.05) is 25.1 Å². The molecule has 6 rings (SSSR count). The summed E-state index contributed by atoms with van der Waals surface area (Å²) in [7, 11) is 1.69. The Balaban J connectivity index is 1.46. The van der Waals surface area contributed by atoms with Gasteiger partial charge in [-0.25, -0.2) is 9.78 Å². The van der Waals surface area contributed by atoms with Crippen LogP contribution in [0.5, 0.6) is 5.75 Å². The quantitative estimate of drug-likeness (QED) is 0.622. The fourth-order valence-electron chi connectivity index (χ4n) is 6.12. The lowest BCUT2D eigenvalue weighted by Gasteiger charge is -2.55. The van der Waals surface area contributed by atoms with Crippen LogP contribution in [0.4, 0.5) is 10.5 Å². The highest BCUT2D eigenvalue weighted by molar-refractivity contribution is 5.94. The summed E-state index contributed by atoms with van der Waals surface area (Å²) < 4.78 is 7.88. The molecule has 33 heavy (non-hydrogen) atoms. The maximum absolute atomic E-state index is 12.0. The van der Waals surface area contributed by atoms with Gasteiger partial charge in [-0.05, 0) is 67.9 Å². The van der Waals surface area contributed by atoms with Crippen LogP contribution in [0.15, 0.2) is 36.4 Å². The van der Waals surface area contributed by atoms with Crippen molar-refractivity contribution in [3.8, 4) is 5.75 Å². The van der Waals surface area contributed by atoms with E-state index in [1.54, 1.807) is 7.11 Å². The number of carbonyl (C=O) groups is 1. The van der Waals surface area contributed by atoms with Gasteiger partial charge < -0.3 is 19.7 Å². The molecule has 1 atom stereocenters. The molecule has 1 aromatic heterocycles. The van der Waals surface area contributed by atoms with Crippen LogP contribution >= 0.6 is 0 Å². The van der Waals surface area contributed by atoms with E-state index in [2.05, 4.69) is 28.1 Å². The van der Waals surface area contributed by atoms with Gasteiger partial charge in [0.15, 0.2) is 0 Å². The Kier molecular flexibility index (Phi) is 4.66. The van der Waals surface area contributed by atoms with Crippen LogP contribution < -0.4 is 15.0 Å². The highest BCUT2D eigenvalue weighted by Gasteiger charge is 2.49. The van der Waals surface area contributed by atoms with Crippen LogP contribution in [-0.4, -0.2) is 47.0 Å². The van der Waals surface area contributed by atoms with Crippen LogP contribution in [0.25, 0.3) is 11.0 Å². The van der Waals surface area contributed by atoms with Gasteiger partial charge >= 0.3 is 6.09 Å². The lowest BCUT2D eigenvalue weighted by atomic mass is 9.61. The summed E-state index contributed by atoms with van der Waals surface area (Å²) >= 11 is 0. The Morgan fingerprint density at radius 1 is 1.27 bits per heavy atom. The van der Waals surface area contributed by atoms with E-state index in [1.807, 2.05) is 25.1 Å². The van der Waals surface area contributed by atoms with E-state index in [0.29, 0.717) is 11.5 Å². The fourth-order valence-corrected chi connectivity index (χ4v) is 6.12. The van der Waals surface area contributed by atoms with E-state index in [-0.39, 0.29) is 6.04 Å². The average Bonchev–Trinajstić information content (AvgIpc) is 3.09. The number of amides is 1. The number of hydrogen-bond donors (Lipinski definition) is 2. The second kappa shape index (κ2) is 7.48. The number of imidazole rings is 1. The van der Waals surface area contributed by atoms with Crippen LogP contribution in [0.2, 0.25) is 0 Å². The number of methoxy groups -OCH3 is 1. The summed E-state index contributed by atoms with van der Waals surface area (Å²) in [6.45, 7) is 4.21. The summed E-state index contributed by atoms with van der Waals surface area (Å²) in [4.78, 5) is 18.7. The van der Waals surface area contributed by atoms with Crippen molar-refractivity contribution in [1.82, 2.24) is 14.9 Å². The molecule has 2 N–H and O–H groups in total. The Morgan fingerprint density at radius 3 is 2.79 bits per heavy atom. The molecule has 2 aliphatic heterocycles. The lowest BCUT2D eigenvalue weighted by Crippen LogP contribution is -2.60. The van der Waals surface area contributed by atoms with Crippen LogP contribution in [0, 0.1) is 5.41 Å². The zero-order valence-corrected chi connectivity index (χ0v) is 19.2. The van der Waals surface area contributed by atoms with Gasteiger partial charge in [0.05, 0.1) is 23.8 Å². The number of benzene rings is 2. The number of nitrogens with zero attached hydrogens (tertiary/aromatic N) is 3. The molecule has 7 nitrogen and oxygen atoms in total. The first-order valence-electron chi connectivity index (χ1n) is 11.9. The number of anilines is 1. The molecule has 1 spiro atoms. The van der Waals surface area contributed by atoms with Gasteiger partial charge in [-0.1, -0.05) is 12.1 Å². The van der Waals surface area contributed by atoms with Crippen LogP contribution in [-0.2, 0) is 12.8 Å². The standard InChI is InChI=1S/C26H30N4O3/c1-16-6-7-20-21(29(16)25(31)32)8-9-22-24(20)28-23(11-17-4-3-5-19(10-17)33-2)30(22)18-12-26(13-18)14-27-15-26/h3-5,8-10,16,18,27H,6-7,11-15H2,1-2H3,(H,31,32). The van der Waals surface area contributed by atoms with Crippen LogP contribution in [0.3, 0.4) is 0 Å². The largest absolute Gasteiger partial charge is 0.497 e. The number of nitrogens with one attached hydrogen (secondary N) is 1. The summed E-state index contributed by atoms with van der Waals surface area (Å²) in [6, 6.07) is 12.7. The first-order valence-corrected chi connectivity index (χ1v) is 11.9. The van der Waals surface area contributed by atoms with Crippen molar-refractivity contribution in [3.63, 3.8) is 0 Å². The summed E-state index contributed by atoms with van der Waals surface area (Å²) in [5, 5.41) is 13.3. The van der Waals surface area contributed by atoms with Crippen LogP contribution in [0.1, 0.15) is 49.2 Å². The fraction of sp³-hybridized carbons (Fsp3) is 0.462. The number of aromatic nitrogens is 2. The number of carboxylic acid groups (broad SMARTS) is 1. The second-order valence-electron chi connectivity index (χ2n) is 10.1. The Labute approximate surface area is 193 Å². The van der Waals surface area contributed by atoms with E-state index in [4.69, 9.17) is 9.72 Å². The molecular weight excluding hydrogens is 416 g/mol. The smallest absolute Gasteiger partial charge is 0.412 e. The van der Waals surface area contributed by atoms with Crippen molar-refractivity contribution >= 4 is 22.8 Å². The first kappa shape index (κ1) is 20.5. The number of ether oxygens (including phenoxy) is 1. The van der Waals surface area contributed by atoms with E-state index >= 15 is 0 Å². The monoisotopic (exact) mass is 446 g/mol. The Hall–Kier alpha value is -3.06. The van der Waals surface area contributed by atoms with Crippen molar-refractivity contribution < 1.29 is 14.6 Å². The summed E-state index contributed by atoms with van der Waals surface area (Å²) in [5.74, 6) is 1.90. The van der Waals surface area contributed by atoms with Gasteiger partial charge in [0.1, 0.15) is 11.6 Å². The van der Waals surface area contributed by atoms with Gasteiger partial charge in [-0.3, -0.25) is 4.90 Å². The molecule has 1 saturated carbocycles. The lowest BCUT2D eigenvalue weighted by molar-refractivity contribution is 0.00822. The van der Waals surface area contributed by atoms with Crippen molar-refractivity contribution in [2.45, 2.75) is 51.1 Å². The molecule has 0 bridgehead atoms. The van der Waals surface area contributed by atoms with E-state index in [0.717, 1.165) is 66.2 Å². The predicted molar refractivity (Wildman–Crippen MR) is 127 cm³/mol. The van der Waals surface area contributed by atoms with Crippen molar-refractivity contribution in [2.24, 2.45) is 5.41 Å². The number of hydrogen-bond acceptors (Lipinski definition) is 4. The number of aryl methyl sites for hydroxylation is 1. The van der Waals surface area contributed by atoms with E-state index < -0.39 is 6.09 Å². The highest BCUT2D eigenvalue weighted by atomic mass is 16.5. The minimum absolute atomic E-state index is 0.0246. The predicted octanol–water partition coefficient (Wildman–Crippen LogP) is 4.38. The molecular formula is C26H30N4O3. The number of fused-ring (bicyclic) bond motifs is 3. The Bertz CT molecular complexity index is 1240. The molecule has 3 heterocycles. The topological polar surface area (TPSA) is 79.6 Å². The molecule has 3 aromatic rings. The molecule has 7 heteroatoms. The highest BCUT2D eigenvalue weighted by Crippen LogP contribution is 2.52. The number of rotatable bonds is 4. The van der Waals surface area contributed by atoms with Gasteiger partial charge in [0.2, 0.25) is 0 Å². The SMILES string of the molecule is COc1cccc(Cc2nc3c4c(ccc3n2C2CC3(CNC3)C2)N(C(=O)O)C(C)CC4)c1.